The minimum absolute atomic E-state index is 0.0349. The molecule has 2 rings (SSSR count). The molecule has 1 aliphatic carbocycles. The molecule has 0 bridgehead atoms. The van der Waals surface area contributed by atoms with Gasteiger partial charge < -0.3 is 9.47 Å². The van der Waals surface area contributed by atoms with Crippen molar-refractivity contribution in [1.29, 1.82) is 0 Å². The fraction of sp³-hybridized carbons (Fsp3) is 0.562. The van der Waals surface area contributed by atoms with E-state index in [2.05, 4.69) is 10.0 Å². The van der Waals surface area contributed by atoms with Crippen LogP contribution in [0.15, 0.2) is 23.1 Å². The fourth-order valence-corrected chi connectivity index (χ4v) is 4.07. The van der Waals surface area contributed by atoms with E-state index < -0.39 is 16.1 Å². The molecule has 7 nitrogen and oxygen atoms in total. The highest BCUT2D eigenvalue weighted by atomic mass is 32.2. The lowest BCUT2D eigenvalue weighted by atomic mass is 9.96. The SMILES string of the molecule is CCOC(=O)Nc1cc(S(=O)(=O)NC2CCCCC2)ccc1OC. The van der Waals surface area contributed by atoms with E-state index in [0.717, 1.165) is 32.1 Å². The molecule has 1 aromatic carbocycles. The molecule has 1 fully saturated rings. The second-order valence-corrected chi connectivity index (χ2v) is 7.38. The normalized spacial score (nSPS) is 15.8. The molecule has 2 N–H and O–H groups in total. The summed E-state index contributed by atoms with van der Waals surface area (Å²) in [5, 5.41) is 2.50. The molecule has 0 aromatic heterocycles. The van der Waals surface area contributed by atoms with Crippen molar-refractivity contribution in [2.75, 3.05) is 19.0 Å². The van der Waals surface area contributed by atoms with Gasteiger partial charge in [-0.15, -0.1) is 0 Å². The van der Waals surface area contributed by atoms with Gasteiger partial charge in [0.2, 0.25) is 10.0 Å². The number of rotatable bonds is 6. The van der Waals surface area contributed by atoms with E-state index in [1.54, 1.807) is 6.92 Å². The Labute approximate surface area is 142 Å². The predicted molar refractivity (Wildman–Crippen MR) is 90.8 cm³/mol. The molecule has 1 aromatic rings. The van der Waals surface area contributed by atoms with Gasteiger partial charge in [-0.3, -0.25) is 5.32 Å². The van der Waals surface area contributed by atoms with Crippen LogP contribution in [0.2, 0.25) is 0 Å². The van der Waals surface area contributed by atoms with Gasteiger partial charge in [-0.05, 0) is 38.0 Å². The Morgan fingerprint density at radius 2 is 1.96 bits per heavy atom. The average molecular weight is 356 g/mol. The smallest absolute Gasteiger partial charge is 0.411 e. The summed E-state index contributed by atoms with van der Waals surface area (Å²) in [6, 6.07) is 4.31. The Morgan fingerprint density at radius 3 is 2.58 bits per heavy atom. The molecule has 0 aliphatic heterocycles. The number of nitrogens with one attached hydrogen (secondary N) is 2. The van der Waals surface area contributed by atoms with Crippen molar-refractivity contribution >= 4 is 21.8 Å². The topological polar surface area (TPSA) is 93.7 Å². The van der Waals surface area contributed by atoms with Gasteiger partial charge in [0.1, 0.15) is 5.75 Å². The highest BCUT2D eigenvalue weighted by Crippen LogP contribution is 2.28. The fourth-order valence-electron chi connectivity index (χ4n) is 2.74. The van der Waals surface area contributed by atoms with E-state index in [1.165, 1.54) is 25.3 Å². The molecule has 0 radical (unpaired) electrons. The average Bonchev–Trinajstić information content (AvgIpc) is 2.55. The lowest BCUT2D eigenvalue weighted by Crippen LogP contribution is -2.36. The van der Waals surface area contributed by atoms with Crippen LogP contribution in [0.1, 0.15) is 39.0 Å². The maximum atomic E-state index is 12.6. The summed E-state index contributed by atoms with van der Waals surface area (Å²) in [5.41, 5.74) is 0.252. The van der Waals surface area contributed by atoms with Gasteiger partial charge in [0, 0.05) is 6.04 Å². The van der Waals surface area contributed by atoms with Crippen LogP contribution in [-0.4, -0.2) is 34.3 Å². The quantitative estimate of drug-likeness (QED) is 0.817. The highest BCUT2D eigenvalue weighted by Gasteiger charge is 2.23. The standard InChI is InChI=1S/C16H24N2O5S/c1-3-23-16(19)17-14-11-13(9-10-15(14)22-2)24(20,21)18-12-7-5-4-6-8-12/h9-12,18H,3-8H2,1-2H3,(H,17,19). The molecule has 1 amide bonds. The molecular weight excluding hydrogens is 332 g/mol. The summed E-state index contributed by atoms with van der Waals surface area (Å²) < 4.78 is 37.9. The third kappa shape index (κ3) is 4.85. The lowest BCUT2D eigenvalue weighted by Gasteiger charge is -2.22. The van der Waals surface area contributed by atoms with Gasteiger partial charge in [0.15, 0.2) is 0 Å². The molecule has 0 atom stereocenters. The first-order valence-corrected chi connectivity index (χ1v) is 9.58. The van der Waals surface area contributed by atoms with Crippen LogP contribution in [0, 0.1) is 0 Å². The number of hydrogen-bond acceptors (Lipinski definition) is 5. The Kier molecular flexibility index (Phi) is 6.44. The van der Waals surface area contributed by atoms with E-state index in [0.29, 0.717) is 5.75 Å². The van der Waals surface area contributed by atoms with E-state index in [4.69, 9.17) is 9.47 Å². The maximum absolute atomic E-state index is 12.6. The van der Waals surface area contributed by atoms with Crippen LogP contribution in [0.25, 0.3) is 0 Å². The van der Waals surface area contributed by atoms with Gasteiger partial charge >= 0.3 is 6.09 Å². The molecule has 8 heteroatoms. The van der Waals surface area contributed by atoms with Crippen LogP contribution in [-0.2, 0) is 14.8 Å². The summed E-state index contributed by atoms with van der Waals surface area (Å²) in [6.45, 7) is 1.90. The summed E-state index contributed by atoms with van der Waals surface area (Å²) >= 11 is 0. The molecule has 1 aliphatic rings. The molecule has 0 heterocycles. The van der Waals surface area contributed by atoms with Gasteiger partial charge in [0.05, 0.1) is 24.3 Å². The first-order valence-electron chi connectivity index (χ1n) is 8.10. The van der Waals surface area contributed by atoms with E-state index in [1.807, 2.05) is 0 Å². The molecule has 24 heavy (non-hydrogen) atoms. The summed E-state index contributed by atoms with van der Waals surface area (Å²) in [7, 11) is -2.21. The van der Waals surface area contributed by atoms with Crippen molar-refractivity contribution < 1.29 is 22.7 Å². The van der Waals surface area contributed by atoms with Crippen molar-refractivity contribution in [3.8, 4) is 5.75 Å². The zero-order valence-electron chi connectivity index (χ0n) is 14.0. The van der Waals surface area contributed by atoms with Crippen LogP contribution >= 0.6 is 0 Å². The first-order chi connectivity index (χ1) is 11.5. The Balaban J connectivity index is 2.20. The third-order valence-corrected chi connectivity index (χ3v) is 5.44. The van der Waals surface area contributed by atoms with E-state index in [9.17, 15) is 13.2 Å². The zero-order valence-corrected chi connectivity index (χ0v) is 14.8. The number of hydrogen-bond donors (Lipinski definition) is 2. The Hall–Kier alpha value is -1.80. The van der Waals surface area contributed by atoms with Crippen molar-refractivity contribution in [3.63, 3.8) is 0 Å². The van der Waals surface area contributed by atoms with Crippen LogP contribution in [0.5, 0.6) is 5.75 Å². The van der Waals surface area contributed by atoms with Crippen molar-refractivity contribution in [2.24, 2.45) is 0 Å². The predicted octanol–water partition coefficient (Wildman–Crippen LogP) is 2.87. The molecular formula is C16H24N2O5S. The molecule has 1 saturated carbocycles. The second-order valence-electron chi connectivity index (χ2n) is 5.66. The Morgan fingerprint density at radius 1 is 1.25 bits per heavy atom. The van der Waals surface area contributed by atoms with Gasteiger partial charge in [-0.1, -0.05) is 19.3 Å². The highest BCUT2D eigenvalue weighted by molar-refractivity contribution is 7.89. The minimum Gasteiger partial charge on any atom is -0.495 e. The number of amides is 1. The number of benzene rings is 1. The maximum Gasteiger partial charge on any atom is 0.411 e. The van der Waals surface area contributed by atoms with Crippen molar-refractivity contribution in [1.82, 2.24) is 4.72 Å². The summed E-state index contributed by atoms with van der Waals surface area (Å²) in [6.07, 6.45) is 4.25. The van der Waals surface area contributed by atoms with Gasteiger partial charge in [-0.2, -0.15) is 0 Å². The second kappa shape index (κ2) is 8.34. The van der Waals surface area contributed by atoms with Crippen LogP contribution < -0.4 is 14.8 Å². The van der Waals surface area contributed by atoms with Crippen LogP contribution in [0.4, 0.5) is 10.5 Å². The monoisotopic (exact) mass is 356 g/mol. The third-order valence-electron chi connectivity index (χ3n) is 3.92. The number of methoxy groups -OCH3 is 1. The van der Waals surface area contributed by atoms with Gasteiger partial charge in [-0.25, -0.2) is 17.9 Å². The molecule has 0 spiro atoms. The number of carbonyl (C=O) groups is 1. The summed E-state index contributed by atoms with van der Waals surface area (Å²) in [5.74, 6) is 0.361. The lowest BCUT2D eigenvalue weighted by molar-refractivity contribution is 0.168. The number of anilines is 1. The number of carbonyl (C=O) groups excluding carboxylic acids is 1. The van der Waals surface area contributed by atoms with Crippen LogP contribution in [0.3, 0.4) is 0 Å². The van der Waals surface area contributed by atoms with Gasteiger partial charge in [0.25, 0.3) is 0 Å². The van der Waals surface area contributed by atoms with Crippen molar-refractivity contribution in [3.05, 3.63) is 18.2 Å². The summed E-state index contributed by atoms with van der Waals surface area (Å²) in [4.78, 5) is 11.7. The largest absolute Gasteiger partial charge is 0.495 e. The minimum atomic E-state index is -3.65. The number of ether oxygens (including phenoxy) is 2. The molecule has 0 saturated heterocycles. The first kappa shape index (κ1) is 18.5. The molecule has 0 unspecified atom stereocenters. The van der Waals surface area contributed by atoms with E-state index in [-0.39, 0.29) is 23.2 Å². The molecule has 134 valence electrons. The van der Waals surface area contributed by atoms with E-state index >= 15 is 0 Å². The number of sulfonamides is 1. The Bertz CT molecular complexity index is 669. The zero-order chi connectivity index (χ0) is 17.6. The van der Waals surface area contributed by atoms with Crippen molar-refractivity contribution in [2.45, 2.75) is 50.0 Å².